The number of carbonyl (C=O) groups is 2. The molecule has 0 saturated heterocycles. The molecule has 0 bridgehead atoms. The van der Waals surface area contributed by atoms with Gasteiger partial charge in [-0.25, -0.2) is 9.18 Å². The maximum atomic E-state index is 13.1. The summed E-state index contributed by atoms with van der Waals surface area (Å²) >= 11 is 5.62. The first-order valence-corrected chi connectivity index (χ1v) is 8.64. The highest BCUT2D eigenvalue weighted by atomic mass is 35.5. The molecular weight excluding hydrogens is 385 g/mol. The molecule has 7 heteroatoms. The van der Waals surface area contributed by atoms with Gasteiger partial charge in [-0.15, -0.1) is 0 Å². The zero-order chi connectivity index (χ0) is 19.9. The Morgan fingerprint density at radius 3 is 2.29 bits per heavy atom. The number of hydrogen-bond donors (Lipinski definition) is 1. The van der Waals surface area contributed by atoms with Gasteiger partial charge >= 0.3 is 5.97 Å². The number of halogens is 2. The van der Waals surface area contributed by atoms with E-state index in [9.17, 15) is 14.0 Å². The van der Waals surface area contributed by atoms with E-state index in [4.69, 9.17) is 21.1 Å². The molecule has 0 aliphatic heterocycles. The summed E-state index contributed by atoms with van der Waals surface area (Å²) < 4.78 is 23.7. The van der Waals surface area contributed by atoms with Crippen LogP contribution in [0.4, 0.5) is 10.1 Å². The molecule has 0 atom stereocenters. The second-order valence-electron chi connectivity index (χ2n) is 5.69. The van der Waals surface area contributed by atoms with Gasteiger partial charge in [-0.2, -0.15) is 0 Å². The highest BCUT2D eigenvalue weighted by Crippen LogP contribution is 2.22. The summed E-state index contributed by atoms with van der Waals surface area (Å²) in [6, 6.07) is 19.4. The topological polar surface area (TPSA) is 64.6 Å². The quantitative estimate of drug-likeness (QED) is 0.588. The van der Waals surface area contributed by atoms with Crippen LogP contribution in [0.25, 0.3) is 0 Å². The van der Waals surface area contributed by atoms with Crippen molar-refractivity contribution < 1.29 is 23.5 Å². The largest absolute Gasteiger partial charge is 0.457 e. The zero-order valence-corrected chi connectivity index (χ0v) is 15.3. The maximum Gasteiger partial charge on any atom is 0.338 e. The van der Waals surface area contributed by atoms with Crippen LogP contribution in [0.2, 0.25) is 5.02 Å². The van der Waals surface area contributed by atoms with Crippen molar-refractivity contribution in [2.24, 2.45) is 0 Å². The molecule has 0 unspecified atom stereocenters. The van der Waals surface area contributed by atoms with Gasteiger partial charge in [0.25, 0.3) is 5.91 Å². The molecule has 0 aliphatic rings. The molecular formula is C21H15ClFNO4. The summed E-state index contributed by atoms with van der Waals surface area (Å²) in [5.41, 5.74) is 0.577. The molecule has 3 aromatic rings. The Bertz CT molecular complexity index is 977. The van der Waals surface area contributed by atoms with Crippen LogP contribution in [0.1, 0.15) is 10.4 Å². The van der Waals surface area contributed by atoms with Gasteiger partial charge < -0.3 is 14.8 Å². The van der Waals surface area contributed by atoms with Crippen molar-refractivity contribution in [3.8, 4) is 11.5 Å². The predicted molar refractivity (Wildman–Crippen MR) is 103 cm³/mol. The molecule has 28 heavy (non-hydrogen) atoms. The average Bonchev–Trinajstić information content (AvgIpc) is 2.70. The summed E-state index contributed by atoms with van der Waals surface area (Å²) in [5, 5.41) is 2.41. The summed E-state index contributed by atoms with van der Waals surface area (Å²) in [6.07, 6.45) is 0. The normalized spacial score (nSPS) is 10.2. The van der Waals surface area contributed by atoms with E-state index in [1.54, 1.807) is 24.3 Å². The number of amides is 1. The van der Waals surface area contributed by atoms with Crippen LogP contribution < -0.4 is 10.1 Å². The first kappa shape index (κ1) is 19.4. The Morgan fingerprint density at radius 2 is 1.61 bits per heavy atom. The van der Waals surface area contributed by atoms with Crippen molar-refractivity contribution in [2.75, 3.05) is 11.9 Å². The van der Waals surface area contributed by atoms with Gasteiger partial charge in [-0.05, 0) is 54.6 Å². The van der Waals surface area contributed by atoms with Gasteiger partial charge in [-0.1, -0.05) is 29.8 Å². The molecule has 3 rings (SSSR count). The monoisotopic (exact) mass is 399 g/mol. The van der Waals surface area contributed by atoms with E-state index in [1.807, 2.05) is 30.3 Å². The van der Waals surface area contributed by atoms with Gasteiger partial charge in [0.15, 0.2) is 6.61 Å². The lowest BCUT2D eigenvalue weighted by Crippen LogP contribution is -2.20. The number of benzene rings is 3. The Kier molecular flexibility index (Phi) is 6.24. The minimum atomic E-state index is -0.774. The molecule has 0 aliphatic carbocycles. The molecule has 5 nitrogen and oxygen atoms in total. The molecule has 0 aromatic heterocycles. The van der Waals surface area contributed by atoms with Gasteiger partial charge in [0.1, 0.15) is 17.3 Å². The molecule has 0 saturated carbocycles. The Labute approximate surface area is 165 Å². The van der Waals surface area contributed by atoms with Crippen LogP contribution in [-0.2, 0) is 9.53 Å². The van der Waals surface area contributed by atoms with Gasteiger partial charge in [0, 0.05) is 5.69 Å². The first-order chi connectivity index (χ1) is 13.5. The van der Waals surface area contributed by atoms with E-state index >= 15 is 0 Å². The lowest BCUT2D eigenvalue weighted by molar-refractivity contribution is -0.119. The minimum Gasteiger partial charge on any atom is -0.457 e. The second-order valence-corrected chi connectivity index (χ2v) is 6.10. The lowest BCUT2D eigenvalue weighted by atomic mass is 10.2. The molecule has 142 valence electrons. The summed E-state index contributed by atoms with van der Waals surface area (Å²) in [5.74, 6) is -0.617. The van der Waals surface area contributed by atoms with E-state index < -0.39 is 24.3 Å². The van der Waals surface area contributed by atoms with Gasteiger partial charge in [0.2, 0.25) is 0 Å². The fourth-order valence-electron chi connectivity index (χ4n) is 2.27. The van der Waals surface area contributed by atoms with Crippen LogP contribution in [0, 0.1) is 5.82 Å². The molecule has 1 N–H and O–H groups in total. The van der Waals surface area contributed by atoms with Crippen molar-refractivity contribution in [2.45, 2.75) is 0 Å². The predicted octanol–water partition coefficient (Wildman–Crippen LogP) is 5.07. The maximum absolute atomic E-state index is 13.1. The highest BCUT2D eigenvalue weighted by molar-refractivity contribution is 6.31. The van der Waals surface area contributed by atoms with Crippen molar-refractivity contribution in [3.63, 3.8) is 0 Å². The lowest BCUT2D eigenvalue weighted by Gasteiger charge is -2.09. The van der Waals surface area contributed by atoms with Crippen molar-refractivity contribution in [1.29, 1.82) is 0 Å². The Morgan fingerprint density at radius 1 is 0.929 bits per heavy atom. The first-order valence-electron chi connectivity index (χ1n) is 8.26. The minimum absolute atomic E-state index is 0.0570. The van der Waals surface area contributed by atoms with Crippen molar-refractivity contribution >= 4 is 29.2 Å². The number of hydrogen-bond acceptors (Lipinski definition) is 4. The number of rotatable bonds is 6. The van der Waals surface area contributed by atoms with Crippen LogP contribution >= 0.6 is 11.6 Å². The van der Waals surface area contributed by atoms with E-state index in [1.165, 1.54) is 6.07 Å². The van der Waals surface area contributed by atoms with Crippen LogP contribution in [0.3, 0.4) is 0 Å². The molecule has 0 fully saturated rings. The fourth-order valence-corrected chi connectivity index (χ4v) is 2.45. The SMILES string of the molecule is O=C(COC(=O)c1ccc(F)c(Cl)c1)Nc1ccc(Oc2ccccc2)cc1. The summed E-state index contributed by atoms with van der Waals surface area (Å²) in [4.78, 5) is 23.8. The van der Waals surface area contributed by atoms with Gasteiger partial charge in [-0.3, -0.25) is 4.79 Å². The smallest absolute Gasteiger partial charge is 0.338 e. The molecule has 1 amide bonds. The Balaban J connectivity index is 1.50. The van der Waals surface area contributed by atoms with Gasteiger partial charge in [0.05, 0.1) is 10.6 Å². The molecule has 0 spiro atoms. The number of carbonyl (C=O) groups excluding carboxylic acids is 2. The van der Waals surface area contributed by atoms with E-state index in [2.05, 4.69) is 5.32 Å². The second kappa shape index (κ2) is 9.01. The summed E-state index contributed by atoms with van der Waals surface area (Å²) in [7, 11) is 0. The number of esters is 1. The third-order valence-electron chi connectivity index (χ3n) is 3.61. The van der Waals surface area contributed by atoms with Crippen molar-refractivity contribution in [3.05, 3.63) is 89.2 Å². The molecule has 0 heterocycles. The summed E-state index contributed by atoms with van der Waals surface area (Å²) in [6.45, 7) is -0.490. The molecule has 3 aromatic carbocycles. The fraction of sp³-hybridized carbons (Fsp3) is 0.0476. The molecule has 0 radical (unpaired) electrons. The van der Waals surface area contributed by atoms with E-state index in [0.29, 0.717) is 17.2 Å². The average molecular weight is 400 g/mol. The van der Waals surface area contributed by atoms with Crippen LogP contribution in [0.15, 0.2) is 72.8 Å². The number of ether oxygens (including phenoxy) is 2. The van der Waals surface area contributed by atoms with Crippen LogP contribution in [0.5, 0.6) is 11.5 Å². The number of nitrogens with one attached hydrogen (secondary N) is 1. The highest BCUT2D eigenvalue weighted by Gasteiger charge is 2.12. The standard InChI is InChI=1S/C21H15ClFNO4/c22-18-12-14(6-11-19(18)23)21(26)27-13-20(25)24-15-7-9-17(10-8-15)28-16-4-2-1-3-5-16/h1-12H,13H2,(H,24,25). The van der Waals surface area contributed by atoms with E-state index in [-0.39, 0.29) is 10.6 Å². The zero-order valence-electron chi connectivity index (χ0n) is 14.5. The Hall–Kier alpha value is -3.38. The third kappa shape index (κ3) is 5.31. The van der Waals surface area contributed by atoms with E-state index in [0.717, 1.165) is 12.1 Å². The van der Waals surface area contributed by atoms with Crippen molar-refractivity contribution in [1.82, 2.24) is 0 Å². The third-order valence-corrected chi connectivity index (χ3v) is 3.90. The number of para-hydroxylation sites is 1. The van der Waals surface area contributed by atoms with Crippen LogP contribution in [-0.4, -0.2) is 18.5 Å². The number of anilines is 1.